The molecule has 0 saturated heterocycles. The van der Waals surface area contributed by atoms with E-state index >= 15 is 0 Å². The molecular weight excluding hydrogens is 484 g/mol. The Morgan fingerprint density at radius 1 is 1.03 bits per heavy atom. The lowest BCUT2D eigenvalue weighted by Crippen LogP contribution is -2.21. The lowest BCUT2D eigenvalue weighted by Gasteiger charge is -2.23. The number of rotatable bonds is 9. The number of carbonyl (C=O) groups excluding carboxylic acids is 2. The molecule has 1 atom stereocenters. The van der Waals surface area contributed by atoms with Gasteiger partial charge in [0, 0.05) is 47.8 Å². The Labute approximate surface area is 233 Å². The topological polar surface area (TPSA) is 67.4 Å². The Hall–Kier alpha value is -3.60. The first-order valence-corrected chi connectivity index (χ1v) is 14.0. The van der Waals surface area contributed by atoms with Gasteiger partial charge in [0.2, 0.25) is 5.91 Å². The second kappa shape index (κ2) is 11.6. The van der Waals surface area contributed by atoms with E-state index in [2.05, 4.69) is 95.5 Å². The van der Waals surface area contributed by atoms with Crippen LogP contribution in [0.4, 0.5) is 11.4 Å². The molecule has 0 fully saturated rings. The lowest BCUT2D eigenvalue weighted by molar-refractivity contribution is -0.117. The molecule has 1 aliphatic heterocycles. The van der Waals surface area contributed by atoms with E-state index in [1.54, 1.807) is 0 Å². The van der Waals surface area contributed by atoms with Crippen LogP contribution in [0.5, 0.6) is 5.75 Å². The van der Waals surface area contributed by atoms with Gasteiger partial charge in [-0.15, -0.1) is 0 Å². The molecular formula is C34H42N2O3. The van der Waals surface area contributed by atoms with Crippen molar-refractivity contribution in [1.82, 2.24) is 0 Å². The van der Waals surface area contributed by atoms with E-state index in [0.29, 0.717) is 31.9 Å². The first-order chi connectivity index (χ1) is 18.5. The number of aldehydes is 1. The van der Waals surface area contributed by atoms with Crippen molar-refractivity contribution in [2.45, 2.75) is 73.1 Å². The monoisotopic (exact) mass is 526 g/mol. The third-order valence-corrected chi connectivity index (χ3v) is 7.47. The Morgan fingerprint density at radius 2 is 1.69 bits per heavy atom. The Kier molecular flexibility index (Phi) is 8.48. The van der Waals surface area contributed by atoms with Gasteiger partial charge in [-0.1, -0.05) is 71.0 Å². The third kappa shape index (κ3) is 6.35. The second-order valence-corrected chi connectivity index (χ2v) is 12.2. The maximum Gasteiger partial charge on any atom is 0.224 e. The number of benzene rings is 3. The molecule has 2 N–H and O–H groups in total. The van der Waals surface area contributed by atoms with Gasteiger partial charge in [-0.3, -0.25) is 4.79 Å². The molecule has 1 aliphatic rings. The largest absolute Gasteiger partial charge is 0.492 e. The Balaban J connectivity index is 1.81. The summed E-state index contributed by atoms with van der Waals surface area (Å²) < 4.78 is 6.47. The summed E-state index contributed by atoms with van der Waals surface area (Å²) in [6, 6.07) is 17.1. The van der Waals surface area contributed by atoms with Gasteiger partial charge in [-0.2, -0.15) is 0 Å². The van der Waals surface area contributed by atoms with Gasteiger partial charge in [-0.05, 0) is 65.1 Å². The molecule has 0 spiro atoms. The van der Waals surface area contributed by atoms with Crippen molar-refractivity contribution < 1.29 is 14.3 Å². The van der Waals surface area contributed by atoms with Gasteiger partial charge in [0.25, 0.3) is 0 Å². The van der Waals surface area contributed by atoms with E-state index in [0.717, 1.165) is 51.2 Å². The molecule has 3 aromatic rings. The first kappa shape index (κ1) is 28.4. The van der Waals surface area contributed by atoms with Crippen LogP contribution in [0.1, 0.15) is 87.1 Å². The quantitative estimate of drug-likeness (QED) is 0.219. The zero-order valence-corrected chi connectivity index (χ0v) is 24.4. The van der Waals surface area contributed by atoms with Gasteiger partial charge in [0.15, 0.2) is 0 Å². The van der Waals surface area contributed by atoms with Crippen LogP contribution >= 0.6 is 0 Å². The highest BCUT2D eigenvalue weighted by Crippen LogP contribution is 2.51. The van der Waals surface area contributed by atoms with Crippen LogP contribution in [-0.2, 0) is 9.59 Å². The standard InChI is InChI=1S/C34H42N2O3/c1-21(2)24-9-11-25(12-10-24)28-20-39-33-30(26-13-15-27(16-14-26)35-17-8-18-37)22(3)32(23(4)31(28)33)36-29(38)19-34(5,6)7/h9-16,18,21,28,35H,8,17,19-20H2,1-7H3,(H,36,38). The van der Waals surface area contributed by atoms with Crippen LogP contribution in [0.3, 0.4) is 0 Å². The molecule has 206 valence electrons. The van der Waals surface area contributed by atoms with Gasteiger partial charge in [0.05, 0.1) is 6.61 Å². The summed E-state index contributed by atoms with van der Waals surface area (Å²) in [5, 5.41) is 6.56. The summed E-state index contributed by atoms with van der Waals surface area (Å²) in [4.78, 5) is 23.8. The highest BCUT2D eigenvalue weighted by molar-refractivity contribution is 5.96. The van der Waals surface area contributed by atoms with E-state index in [-0.39, 0.29) is 17.2 Å². The van der Waals surface area contributed by atoms with E-state index in [4.69, 9.17) is 4.74 Å². The highest BCUT2D eigenvalue weighted by Gasteiger charge is 2.34. The Morgan fingerprint density at radius 3 is 2.28 bits per heavy atom. The van der Waals surface area contributed by atoms with Crippen LogP contribution in [-0.4, -0.2) is 25.3 Å². The van der Waals surface area contributed by atoms with Crippen molar-refractivity contribution in [3.8, 4) is 16.9 Å². The number of ether oxygens (including phenoxy) is 1. The normalized spacial score (nSPS) is 14.6. The molecule has 0 aliphatic carbocycles. The number of nitrogens with one attached hydrogen (secondary N) is 2. The summed E-state index contributed by atoms with van der Waals surface area (Å²) in [6.45, 7) is 16.0. The summed E-state index contributed by atoms with van der Waals surface area (Å²) in [6.07, 6.45) is 1.83. The highest BCUT2D eigenvalue weighted by atomic mass is 16.5. The maximum atomic E-state index is 13.1. The zero-order chi connectivity index (χ0) is 28.3. The summed E-state index contributed by atoms with van der Waals surface area (Å²) >= 11 is 0. The predicted molar refractivity (Wildman–Crippen MR) is 161 cm³/mol. The number of anilines is 2. The average Bonchev–Trinajstić information content (AvgIpc) is 3.31. The summed E-state index contributed by atoms with van der Waals surface area (Å²) in [5.74, 6) is 1.48. The van der Waals surface area contributed by atoms with Crippen LogP contribution in [0.15, 0.2) is 48.5 Å². The lowest BCUT2D eigenvalue weighted by atomic mass is 9.84. The van der Waals surface area contributed by atoms with Gasteiger partial charge >= 0.3 is 0 Å². The van der Waals surface area contributed by atoms with Crippen LogP contribution in [0, 0.1) is 19.3 Å². The molecule has 5 nitrogen and oxygen atoms in total. The fourth-order valence-corrected chi connectivity index (χ4v) is 5.44. The van der Waals surface area contributed by atoms with Gasteiger partial charge < -0.3 is 20.2 Å². The van der Waals surface area contributed by atoms with E-state index in [1.165, 1.54) is 11.1 Å². The molecule has 0 saturated carbocycles. The molecule has 39 heavy (non-hydrogen) atoms. The number of hydrogen-bond acceptors (Lipinski definition) is 4. The predicted octanol–water partition coefficient (Wildman–Crippen LogP) is 7.99. The molecule has 5 heteroatoms. The van der Waals surface area contributed by atoms with Crippen molar-refractivity contribution in [2.24, 2.45) is 5.41 Å². The van der Waals surface area contributed by atoms with E-state index in [1.807, 2.05) is 12.1 Å². The molecule has 0 radical (unpaired) electrons. The molecule has 0 aromatic heterocycles. The minimum atomic E-state index is -0.109. The van der Waals surface area contributed by atoms with Gasteiger partial charge in [0.1, 0.15) is 12.0 Å². The summed E-state index contributed by atoms with van der Waals surface area (Å²) in [5.41, 5.74) is 9.53. The van der Waals surface area contributed by atoms with Crippen molar-refractivity contribution in [3.05, 3.63) is 76.3 Å². The van der Waals surface area contributed by atoms with Crippen molar-refractivity contribution in [1.29, 1.82) is 0 Å². The minimum absolute atomic E-state index is 0.0195. The Bertz CT molecular complexity index is 1330. The van der Waals surface area contributed by atoms with Crippen molar-refractivity contribution >= 4 is 23.6 Å². The van der Waals surface area contributed by atoms with Gasteiger partial charge in [-0.25, -0.2) is 0 Å². The third-order valence-electron chi connectivity index (χ3n) is 7.47. The second-order valence-electron chi connectivity index (χ2n) is 12.2. The molecule has 0 bridgehead atoms. The first-order valence-electron chi connectivity index (χ1n) is 14.0. The molecule has 1 heterocycles. The molecule has 4 rings (SSSR count). The average molecular weight is 527 g/mol. The van der Waals surface area contributed by atoms with E-state index < -0.39 is 0 Å². The van der Waals surface area contributed by atoms with Crippen molar-refractivity contribution in [3.63, 3.8) is 0 Å². The van der Waals surface area contributed by atoms with Crippen LogP contribution in [0.25, 0.3) is 11.1 Å². The number of carbonyl (C=O) groups is 2. The minimum Gasteiger partial charge on any atom is -0.492 e. The van der Waals surface area contributed by atoms with Crippen molar-refractivity contribution in [2.75, 3.05) is 23.8 Å². The fraction of sp³-hybridized carbons (Fsp3) is 0.412. The van der Waals surface area contributed by atoms with Crippen LogP contribution in [0.2, 0.25) is 0 Å². The van der Waals surface area contributed by atoms with Crippen LogP contribution < -0.4 is 15.4 Å². The number of amides is 1. The summed E-state index contributed by atoms with van der Waals surface area (Å²) in [7, 11) is 0. The van der Waals surface area contributed by atoms with E-state index in [9.17, 15) is 9.59 Å². The molecule has 1 amide bonds. The molecule has 3 aromatic carbocycles. The zero-order valence-electron chi connectivity index (χ0n) is 24.4. The SMILES string of the molecule is Cc1c(NC(=O)CC(C)(C)C)c(C)c2c(c1-c1ccc(NCCC=O)cc1)OCC2c1ccc(C(C)C)cc1. The number of hydrogen-bond donors (Lipinski definition) is 2. The fourth-order valence-electron chi connectivity index (χ4n) is 5.44. The smallest absolute Gasteiger partial charge is 0.224 e. The molecule has 1 unspecified atom stereocenters. The number of fused-ring (bicyclic) bond motifs is 1. The maximum absolute atomic E-state index is 13.1.